The number of carbonyl (C=O) groups excluding carboxylic acids is 2. The lowest BCUT2D eigenvalue weighted by Gasteiger charge is -2.44. The van der Waals surface area contributed by atoms with Gasteiger partial charge in [0.15, 0.2) is 5.54 Å². The molecule has 3 heterocycles. The van der Waals surface area contributed by atoms with E-state index in [4.69, 9.17) is 9.73 Å². The third-order valence-electron chi connectivity index (χ3n) is 5.68. The number of hydrogen-bond acceptors (Lipinski definition) is 5. The molecule has 3 aliphatic heterocycles. The van der Waals surface area contributed by atoms with Crippen molar-refractivity contribution in [1.29, 1.82) is 0 Å². The molecule has 1 atom stereocenters. The van der Waals surface area contributed by atoms with E-state index in [1.54, 1.807) is 4.90 Å². The zero-order valence-corrected chi connectivity index (χ0v) is 17.4. The molecule has 1 spiro atoms. The number of likely N-dealkylation sites (tertiary alicyclic amines) is 2. The van der Waals surface area contributed by atoms with Gasteiger partial charge in [0.1, 0.15) is 11.4 Å². The molecule has 0 aromatic rings. The molecule has 0 radical (unpaired) electrons. The molecule has 2 saturated heterocycles. The maximum atomic E-state index is 12.6. The summed E-state index contributed by atoms with van der Waals surface area (Å²) in [5, 5.41) is 3.00. The van der Waals surface area contributed by atoms with Crippen LogP contribution in [0.3, 0.4) is 0 Å². The normalized spacial score (nSPS) is 27.9. The average molecular weight is 379 g/mol. The Balaban J connectivity index is 1.59. The SMILES string of the molecule is CC(C)C1=NC2(CCCN(C3CCN(C(=O)OC(C)(C)C)CC3)C2)C(=O)N1. The maximum absolute atomic E-state index is 12.6. The van der Waals surface area contributed by atoms with Gasteiger partial charge in [0.05, 0.1) is 0 Å². The molecule has 1 unspecified atom stereocenters. The molecule has 0 aromatic carbocycles. The summed E-state index contributed by atoms with van der Waals surface area (Å²) in [5.41, 5.74) is -1.07. The van der Waals surface area contributed by atoms with E-state index >= 15 is 0 Å². The summed E-state index contributed by atoms with van der Waals surface area (Å²) in [7, 11) is 0. The zero-order valence-electron chi connectivity index (χ0n) is 17.4. The van der Waals surface area contributed by atoms with Crippen molar-refractivity contribution in [2.75, 3.05) is 26.2 Å². The van der Waals surface area contributed by atoms with E-state index in [0.29, 0.717) is 25.7 Å². The number of piperidine rings is 2. The van der Waals surface area contributed by atoms with E-state index in [-0.39, 0.29) is 17.9 Å². The van der Waals surface area contributed by atoms with Crippen LogP contribution in [0.4, 0.5) is 4.79 Å². The van der Waals surface area contributed by atoms with Crippen LogP contribution in [0.2, 0.25) is 0 Å². The number of amidine groups is 1. The number of rotatable bonds is 2. The van der Waals surface area contributed by atoms with Crippen LogP contribution in [0.15, 0.2) is 4.99 Å². The van der Waals surface area contributed by atoms with Crippen molar-refractivity contribution in [3.8, 4) is 0 Å². The Bertz CT molecular complexity index is 617. The van der Waals surface area contributed by atoms with Crippen LogP contribution in [-0.2, 0) is 9.53 Å². The van der Waals surface area contributed by atoms with Gasteiger partial charge in [-0.05, 0) is 53.0 Å². The van der Waals surface area contributed by atoms with Crippen molar-refractivity contribution in [2.45, 2.75) is 77.5 Å². The fraction of sp³-hybridized carbons (Fsp3) is 0.850. The Morgan fingerprint density at radius 1 is 1.26 bits per heavy atom. The number of ether oxygens (including phenoxy) is 1. The van der Waals surface area contributed by atoms with E-state index < -0.39 is 11.1 Å². The fourth-order valence-electron chi connectivity index (χ4n) is 4.21. The summed E-state index contributed by atoms with van der Waals surface area (Å²) in [5.74, 6) is 1.12. The molecule has 152 valence electrons. The highest BCUT2D eigenvalue weighted by atomic mass is 16.6. The Morgan fingerprint density at radius 3 is 2.48 bits per heavy atom. The number of hydrogen-bond donors (Lipinski definition) is 1. The molecule has 0 aromatic heterocycles. The van der Waals surface area contributed by atoms with Gasteiger partial charge >= 0.3 is 6.09 Å². The van der Waals surface area contributed by atoms with Gasteiger partial charge in [-0.25, -0.2) is 4.79 Å². The highest BCUT2D eigenvalue weighted by molar-refractivity contribution is 6.09. The maximum Gasteiger partial charge on any atom is 0.410 e. The minimum atomic E-state index is -0.611. The highest BCUT2D eigenvalue weighted by Crippen LogP contribution is 2.32. The van der Waals surface area contributed by atoms with Gasteiger partial charge in [-0.2, -0.15) is 0 Å². The molecule has 27 heavy (non-hydrogen) atoms. The molecule has 0 saturated carbocycles. The van der Waals surface area contributed by atoms with Crippen molar-refractivity contribution in [3.63, 3.8) is 0 Å². The minimum absolute atomic E-state index is 0.0575. The van der Waals surface area contributed by atoms with Gasteiger partial charge in [0.25, 0.3) is 5.91 Å². The molecular formula is C20H34N4O3. The Hall–Kier alpha value is -1.63. The quantitative estimate of drug-likeness (QED) is 0.801. The number of amides is 2. The van der Waals surface area contributed by atoms with Crippen LogP contribution in [0.25, 0.3) is 0 Å². The van der Waals surface area contributed by atoms with Crippen molar-refractivity contribution >= 4 is 17.8 Å². The number of nitrogens with zero attached hydrogens (tertiary/aromatic N) is 3. The van der Waals surface area contributed by atoms with Crippen LogP contribution in [0, 0.1) is 5.92 Å². The van der Waals surface area contributed by atoms with Gasteiger partial charge in [-0.15, -0.1) is 0 Å². The van der Waals surface area contributed by atoms with Crippen molar-refractivity contribution in [1.82, 2.24) is 15.1 Å². The second kappa shape index (κ2) is 7.41. The van der Waals surface area contributed by atoms with E-state index in [9.17, 15) is 9.59 Å². The lowest BCUT2D eigenvalue weighted by atomic mass is 9.87. The minimum Gasteiger partial charge on any atom is -0.444 e. The molecule has 3 rings (SSSR count). The molecule has 0 bridgehead atoms. The number of nitrogens with one attached hydrogen (secondary N) is 1. The average Bonchev–Trinajstić information content (AvgIpc) is 2.90. The third kappa shape index (κ3) is 4.45. The van der Waals surface area contributed by atoms with Gasteiger partial charge < -0.3 is 15.0 Å². The summed E-state index contributed by atoms with van der Waals surface area (Å²) in [6, 6.07) is 0.395. The molecule has 2 amide bonds. The first kappa shape index (κ1) is 20.1. The summed E-state index contributed by atoms with van der Waals surface area (Å²) in [6.07, 6.45) is 3.41. The van der Waals surface area contributed by atoms with Crippen LogP contribution in [-0.4, -0.2) is 71.0 Å². The Labute approximate surface area is 162 Å². The van der Waals surface area contributed by atoms with Crippen LogP contribution >= 0.6 is 0 Å². The standard InChI is InChI=1S/C20H34N4O3/c1-14(2)16-21-17(25)20(22-16)9-6-10-24(13-20)15-7-11-23(12-8-15)18(26)27-19(3,4)5/h14-15H,6-13H2,1-5H3,(H,21,22,25). The highest BCUT2D eigenvalue weighted by Gasteiger charge is 2.48. The van der Waals surface area contributed by atoms with E-state index in [1.807, 2.05) is 20.8 Å². The fourth-order valence-corrected chi connectivity index (χ4v) is 4.21. The summed E-state index contributed by atoms with van der Waals surface area (Å²) < 4.78 is 5.48. The Kier molecular flexibility index (Phi) is 5.52. The molecule has 7 heteroatoms. The summed E-state index contributed by atoms with van der Waals surface area (Å²) >= 11 is 0. The van der Waals surface area contributed by atoms with Crippen molar-refractivity contribution in [2.24, 2.45) is 10.9 Å². The monoisotopic (exact) mass is 378 g/mol. The van der Waals surface area contributed by atoms with Crippen molar-refractivity contribution in [3.05, 3.63) is 0 Å². The molecular weight excluding hydrogens is 344 g/mol. The molecule has 7 nitrogen and oxygen atoms in total. The molecule has 1 N–H and O–H groups in total. The first-order valence-corrected chi connectivity index (χ1v) is 10.2. The van der Waals surface area contributed by atoms with Crippen LogP contribution < -0.4 is 5.32 Å². The number of carbonyl (C=O) groups is 2. The zero-order chi connectivity index (χ0) is 19.8. The van der Waals surface area contributed by atoms with Gasteiger partial charge in [0, 0.05) is 31.6 Å². The summed E-state index contributed by atoms with van der Waals surface area (Å²) in [6.45, 7) is 12.9. The van der Waals surface area contributed by atoms with E-state index in [1.165, 1.54) is 0 Å². The van der Waals surface area contributed by atoms with Gasteiger partial charge in [-0.1, -0.05) is 13.8 Å². The predicted octanol–water partition coefficient (Wildman–Crippen LogP) is 2.40. The van der Waals surface area contributed by atoms with E-state index in [2.05, 4.69) is 24.1 Å². The smallest absolute Gasteiger partial charge is 0.410 e. The van der Waals surface area contributed by atoms with E-state index in [0.717, 1.165) is 38.1 Å². The Morgan fingerprint density at radius 2 is 1.93 bits per heavy atom. The first-order valence-electron chi connectivity index (χ1n) is 10.2. The second-order valence-corrected chi connectivity index (χ2v) is 9.41. The van der Waals surface area contributed by atoms with Gasteiger partial charge in [-0.3, -0.25) is 14.7 Å². The molecule has 0 aliphatic carbocycles. The second-order valence-electron chi connectivity index (χ2n) is 9.41. The predicted molar refractivity (Wildman–Crippen MR) is 105 cm³/mol. The topological polar surface area (TPSA) is 74.2 Å². The lowest BCUT2D eigenvalue weighted by molar-refractivity contribution is -0.126. The van der Waals surface area contributed by atoms with Crippen LogP contribution in [0.5, 0.6) is 0 Å². The largest absolute Gasteiger partial charge is 0.444 e. The summed E-state index contributed by atoms with van der Waals surface area (Å²) in [4.78, 5) is 34.0. The van der Waals surface area contributed by atoms with Crippen molar-refractivity contribution < 1.29 is 14.3 Å². The first-order chi connectivity index (χ1) is 12.6. The third-order valence-corrected chi connectivity index (χ3v) is 5.68. The van der Waals surface area contributed by atoms with Gasteiger partial charge in [0.2, 0.25) is 0 Å². The lowest BCUT2D eigenvalue weighted by Crippen LogP contribution is -2.57. The van der Waals surface area contributed by atoms with Crippen LogP contribution in [0.1, 0.15) is 60.3 Å². The molecule has 3 aliphatic rings. The molecule has 2 fully saturated rings. The number of aliphatic imine (C=N–C) groups is 1.